The number of ketones is 2. The number of nitrogens with one attached hydrogen (secondary N) is 3. The van der Waals surface area contributed by atoms with E-state index in [1.807, 2.05) is 4.90 Å². The average molecular weight is 421 g/mol. The highest BCUT2D eigenvalue weighted by atomic mass is 16.2. The number of unbranched alkanes of at least 4 members (excludes halogenated alkanes) is 1. The molecule has 0 aromatic heterocycles. The summed E-state index contributed by atoms with van der Waals surface area (Å²) in [5, 5.41) is 8.10. The van der Waals surface area contributed by atoms with Gasteiger partial charge in [-0.25, -0.2) is 0 Å². The third-order valence-corrected chi connectivity index (χ3v) is 5.54. The number of piperidine rings is 1. The molecule has 1 unspecified atom stereocenters. The van der Waals surface area contributed by atoms with Crippen LogP contribution < -0.4 is 16.0 Å². The van der Waals surface area contributed by atoms with Gasteiger partial charge in [0.2, 0.25) is 17.7 Å². The molecule has 9 nitrogen and oxygen atoms in total. The monoisotopic (exact) mass is 420 g/mol. The predicted molar refractivity (Wildman–Crippen MR) is 110 cm³/mol. The molecule has 0 radical (unpaired) electrons. The molecular weight excluding hydrogens is 388 g/mol. The van der Waals surface area contributed by atoms with E-state index in [4.69, 9.17) is 0 Å². The van der Waals surface area contributed by atoms with Gasteiger partial charge >= 0.3 is 0 Å². The maximum absolute atomic E-state index is 12.9. The van der Waals surface area contributed by atoms with Crippen LogP contribution in [0.3, 0.4) is 0 Å². The van der Waals surface area contributed by atoms with E-state index in [1.54, 1.807) is 6.92 Å². The number of hydrogen-bond acceptors (Lipinski definition) is 6. The van der Waals surface area contributed by atoms with E-state index < -0.39 is 29.6 Å². The molecule has 0 aliphatic carbocycles. The first-order valence-corrected chi connectivity index (χ1v) is 10.7. The Labute approximate surface area is 177 Å². The molecule has 9 heteroatoms. The smallest absolute Gasteiger partial charge is 0.243 e. The normalized spacial score (nSPS) is 23.3. The number of fused-ring (bicyclic) bond motifs is 1. The third-order valence-electron chi connectivity index (χ3n) is 5.54. The lowest BCUT2D eigenvalue weighted by molar-refractivity contribution is -0.136. The molecule has 2 fully saturated rings. The first kappa shape index (κ1) is 23.6. The van der Waals surface area contributed by atoms with Gasteiger partial charge < -0.3 is 20.9 Å². The first-order valence-electron chi connectivity index (χ1n) is 10.7. The number of Topliss-reactive ketones (excluding diaryl/α,β-unsaturated/α-hetero) is 2. The zero-order chi connectivity index (χ0) is 22.1. The van der Waals surface area contributed by atoms with Crippen LogP contribution >= 0.6 is 0 Å². The third kappa shape index (κ3) is 6.67. The SMILES string of the molecule is C=C1CNC(=O)CNC(=O)[C@H](CCCCC(=O)C(=O)CC)NC(=O)C2CCCCN12. The van der Waals surface area contributed by atoms with Crippen LogP contribution in [0.15, 0.2) is 12.3 Å². The summed E-state index contributed by atoms with van der Waals surface area (Å²) >= 11 is 0. The molecule has 3 amide bonds. The van der Waals surface area contributed by atoms with Gasteiger partial charge in [0, 0.05) is 25.1 Å². The fourth-order valence-electron chi connectivity index (χ4n) is 3.75. The van der Waals surface area contributed by atoms with Crippen molar-refractivity contribution in [1.82, 2.24) is 20.9 Å². The van der Waals surface area contributed by atoms with Crippen LogP contribution in [0.25, 0.3) is 0 Å². The van der Waals surface area contributed by atoms with Gasteiger partial charge in [0.05, 0.1) is 13.1 Å². The maximum atomic E-state index is 12.9. The molecular formula is C21H32N4O5. The summed E-state index contributed by atoms with van der Waals surface area (Å²) < 4.78 is 0. The lowest BCUT2D eigenvalue weighted by Gasteiger charge is -2.38. The number of rotatable bonds is 7. The number of carbonyl (C=O) groups excluding carboxylic acids is 5. The molecule has 2 atom stereocenters. The fourth-order valence-corrected chi connectivity index (χ4v) is 3.75. The number of nitrogens with zero attached hydrogens (tertiary/aromatic N) is 1. The largest absolute Gasteiger partial charge is 0.362 e. The Bertz CT molecular complexity index is 706. The number of carbonyl (C=O) groups is 5. The summed E-state index contributed by atoms with van der Waals surface area (Å²) in [4.78, 5) is 62.5. The highest BCUT2D eigenvalue weighted by molar-refractivity contribution is 6.37. The molecule has 0 bridgehead atoms. The van der Waals surface area contributed by atoms with Gasteiger partial charge in [-0.1, -0.05) is 19.9 Å². The molecule has 0 aromatic rings. The van der Waals surface area contributed by atoms with Crippen molar-refractivity contribution < 1.29 is 24.0 Å². The Hall–Kier alpha value is -2.71. The molecule has 30 heavy (non-hydrogen) atoms. The minimum atomic E-state index is -0.807. The van der Waals surface area contributed by atoms with E-state index in [9.17, 15) is 24.0 Å². The van der Waals surface area contributed by atoms with Crippen molar-refractivity contribution in [2.24, 2.45) is 0 Å². The van der Waals surface area contributed by atoms with Crippen LogP contribution in [-0.2, 0) is 24.0 Å². The second-order valence-corrected chi connectivity index (χ2v) is 7.77. The minimum Gasteiger partial charge on any atom is -0.362 e. The van der Waals surface area contributed by atoms with E-state index in [0.717, 1.165) is 12.8 Å². The quantitative estimate of drug-likeness (QED) is 0.399. The van der Waals surface area contributed by atoms with Gasteiger partial charge in [0.1, 0.15) is 12.1 Å². The Morgan fingerprint density at radius 1 is 1.03 bits per heavy atom. The van der Waals surface area contributed by atoms with Gasteiger partial charge in [0.25, 0.3) is 0 Å². The Kier molecular flexibility index (Phi) is 9.01. The Morgan fingerprint density at radius 2 is 1.80 bits per heavy atom. The summed E-state index contributed by atoms with van der Waals surface area (Å²) in [6.45, 7) is 6.37. The van der Waals surface area contributed by atoms with Gasteiger partial charge in [0.15, 0.2) is 11.6 Å². The number of hydrogen-bond donors (Lipinski definition) is 3. The zero-order valence-electron chi connectivity index (χ0n) is 17.6. The summed E-state index contributed by atoms with van der Waals surface area (Å²) in [5.74, 6) is -1.79. The highest BCUT2D eigenvalue weighted by Crippen LogP contribution is 2.21. The highest BCUT2D eigenvalue weighted by Gasteiger charge is 2.32. The predicted octanol–water partition coefficient (Wildman–Crippen LogP) is 0.194. The van der Waals surface area contributed by atoms with Crippen LogP contribution in [0.2, 0.25) is 0 Å². The van der Waals surface area contributed by atoms with Crippen molar-refractivity contribution in [3.63, 3.8) is 0 Å². The van der Waals surface area contributed by atoms with Crippen LogP contribution in [0.4, 0.5) is 0 Å². The van der Waals surface area contributed by atoms with Gasteiger partial charge in [-0.2, -0.15) is 0 Å². The van der Waals surface area contributed by atoms with Gasteiger partial charge in [-0.05, 0) is 32.1 Å². The molecule has 0 aromatic carbocycles. The summed E-state index contributed by atoms with van der Waals surface area (Å²) in [7, 11) is 0. The van der Waals surface area contributed by atoms with E-state index >= 15 is 0 Å². The lowest BCUT2D eigenvalue weighted by Crippen LogP contribution is -2.56. The van der Waals surface area contributed by atoms with Crippen molar-refractivity contribution in [3.05, 3.63) is 12.3 Å². The van der Waals surface area contributed by atoms with Crippen molar-refractivity contribution >= 4 is 29.3 Å². The van der Waals surface area contributed by atoms with Crippen LogP contribution in [-0.4, -0.2) is 65.9 Å². The second-order valence-electron chi connectivity index (χ2n) is 7.77. The van der Waals surface area contributed by atoms with Crippen molar-refractivity contribution in [2.45, 2.75) is 70.4 Å². The zero-order valence-corrected chi connectivity index (χ0v) is 17.6. The Balaban J connectivity index is 2.04. The van der Waals surface area contributed by atoms with E-state index in [-0.39, 0.29) is 37.7 Å². The standard InChI is InChI=1S/C21H32N4O5/c1-3-17(26)18(27)10-5-4-8-15-20(29)23-13-19(28)22-12-14(2)25-11-7-6-9-16(25)21(30)24-15/h15-16H,2-13H2,1H3,(H,22,28)(H,23,29)(H,24,30)/t15-,16?/m0/s1. The number of amides is 3. The second kappa shape index (κ2) is 11.5. The Morgan fingerprint density at radius 3 is 2.53 bits per heavy atom. The fraction of sp³-hybridized carbons (Fsp3) is 0.667. The molecule has 2 saturated heterocycles. The maximum Gasteiger partial charge on any atom is 0.243 e. The van der Waals surface area contributed by atoms with E-state index in [1.165, 1.54) is 0 Å². The molecule has 2 aliphatic heterocycles. The molecule has 3 N–H and O–H groups in total. The summed E-state index contributed by atoms with van der Waals surface area (Å²) in [5.41, 5.74) is 0.672. The summed E-state index contributed by atoms with van der Waals surface area (Å²) in [6.07, 6.45) is 4.08. The van der Waals surface area contributed by atoms with E-state index in [2.05, 4.69) is 22.5 Å². The molecule has 2 aliphatic rings. The average Bonchev–Trinajstić information content (AvgIpc) is 2.76. The molecule has 2 heterocycles. The van der Waals surface area contributed by atoms with Crippen molar-refractivity contribution in [2.75, 3.05) is 19.6 Å². The lowest BCUT2D eigenvalue weighted by atomic mass is 9.99. The van der Waals surface area contributed by atoms with Gasteiger partial charge in [-0.15, -0.1) is 0 Å². The minimum absolute atomic E-state index is 0.133. The molecule has 2 rings (SSSR count). The summed E-state index contributed by atoms with van der Waals surface area (Å²) in [6, 6.07) is -1.24. The van der Waals surface area contributed by atoms with Crippen molar-refractivity contribution in [3.8, 4) is 0 Å². The van der Waals surface area contributed by atoms with Crippen molar-refractivity contribution in [1.29, 1.82) is 0 Å². The van der Waals surface area contributed by atoms with E-state index in [0.29, 0.717) is 37.9 Å². The molecule has 0 spiro atoms. The van der Waals surface area contributed by atoms with Gasteiger partial charge in [-0.3, -0.25) is 24.0 Å². The van der Waals surface area contributed by atoms with Crippen LogP contribution in [0.5, 0.6) is 0 Å². The topological polar surface area (TPSA) is 125 Å². The molecule has 166 valence electrons. The first-order chi connectivity index (χ1) is 14.3. The van der Waals surface area contributed by atoms with Crippen LogP contribution in [0.1, 0.15) is 58.3 Å². The molecule has 0 saturated carbocycles. The van der Waals surface area contributed by atoms with Crippen LogP contribution in [0, 0.1) is 0 Å².